The van der Waals surface area contributed by atoms with Gasteiger partial charge in [-0.25, -0.2) is 13.8 Å². The van der Waals surface area contributed by atoms with Crippen molar-refractivity contribution in [1.29, 1.82) is 0 Å². The molecule has 0 saturated carbocycles. The van der Waals surface area contributed by atoms with Crippen LogP contribution in [-0.4, -0.2) is 37.9 Å². The number of sulfonamides is 1. The summed E-state index contributed by atoms with van der Waals surface area (Å²) in [5.74, 6) is -0.453. The number of hydrogen-bond donors (Lipinski definition) is 1. The fraction of sp³-hybridized carbons (Fsp3) is 0.200. The number of rotatable bonds is 6. The third-order valence-electron chi connectivity index (χ3n) is 4.28. The summed E-state index contributed by atoms with van der Waals surface area (Å²) in [5, 5.41) is 4.19. The van der Waals surface area contributed by atoms with Crippen molar-refractivity contribution in [1.82, 2.24) is 9.73 Å². The Balaban J connectivity index is 1.61. The van der Waals surface area contributed by atoms with E-state index in [1.54, 1.807) is 6.08 Å². The highest BCUT2D eigenvalue weighted by molar-refractivity contribution is 7.89. The molecule has 0 radical (unpaired) electrons. The van der Waals surface area contributed by atoms with Gasteiger partial charge in [0.1, 0.15) is 0 Å². The molecule has 2 aromatic rings. The van der Waals surface area contributed by atoms with Gasteiger partial charge in [0.15, 0.2) is 0 Å². The first-order chi connectivity index (χ1) is 13.5. The van der Waals surface area contributed by atoms with Crippen LogP contribution in [0.2, 0.25) is 0 Å². The molecule has 28 heavy (non-hydrogen) atoms. The summed E-state index contributed by atoms with van der Waals surface area (Å²) < 4.78 is 26.5. The van der Waals surface area contributed by atoms with Crippen molar-refractivity contribution in [3.8, 4) is 0 Å². The fourth-order valence-corrected chi connectivity index (χ4v) is 4.51. The molecule has 1 N–H and O–H groups in total. The van der Waals surface area contributed by atoms with Crippen molar-refractivity contribution in [2.75, 3.05) is 13.1 Å². The zero-order valence-electron chi connectivity index (χ0n) is 15.1. The third-order valence-corrected chi connectivity index (χ3v) is 6.40. The molecule has 1 fully saturated rings. The lowest BCUT2D eigenvalue weighted by atomic mass is 10.2. The number of hydrazone groups is 1. The zero-order chi connectivity index (χ0) is 20.0. The van der Waals surface area contributed by atoms with Gasteiger partial charge in [-0.2, -0.15) is 9.41 Å². The summed E-state index contributed by atoms with van der Waals surface area (Å²) in [6.45, 7) is 1.08. The van der Waals surface area contributed by atoms with E-state index in [1.807, 2.05) is 30.3 Å². The first-order valence-corrected chi connectivity index (χ1v) is 10.6. The van der Waals surface area contributed by atoms with Gasteiger partial charge in [-0.1, -0.05) is 41.9 Å². The lowest BCUT2D eigenvalue weighted by Gasteiger charge is -2.15. The van der Waals surface area contributed by atoms with Crippen molar-refractivity contribution in [2.45, 2.75) is 17.7 Å². The number of nitrogens with zero attached hydrogens (tertiary/aromatic N) is 2. The Morgan fingerprint density at radius 3 is 2.32 bits per heavy atom. The molecule has 1 heterocycles. The minimum atomic E-state index is -3.49. The number of amides is 1. The molecule has 3 rings (SSSR count). The van der Waals surface area contributed by atoms with Crippen molar-refractivity contribution in [3.05, 3.63) is 70.8 Å². The minimum Gasteiger partial charge on any atom is -0.267 e. The average molecular weight is 418 g/mol. The molecule has 0 spiro atoms. The summed E-state index contributed by atoms with van der Waals surface area (Å²) in [5.41, 5.74) is 3.60. The van der Waals surface area contributed by atoms with Crippen LogP contribution in [0, 0.1) is 0 Å². The fourth-order valence-electron chi connectivity index (χ4n) is 2.82. The van der Waals surface area contributed by atoms with Crippen molar-refractivity contribution in [3.63, 3.8) is 0 Å². The molecule has 6 nitrogen and oxygen atoms in total. The van der Waals surface area contributed by atoms with Crippen LogP contribution in [0.3, 0.4) is 0 Å². The monoisotopic (exact) mass is 417 g/mol. The molecule has 2 aromatic carbocycles. The zero-order valence-corrected chi connectivity index (χ0v) is 16.7. The number of allylic oxidation sites excluding steroid dienone is 1. The van der Waals surface area contributed by atoms with E-state index in [4.69, 9.17) is 11.6 Å². The van der Waals surface area contributed by atoms with Crippen molar-refractivity contribution in [2.24, 2.45) is 5.10 Å². The number of carbonyl (C=O) groups excluding carboxylic acids is 1. The molecule has 0 atom stereocenters. The Morgan fingerprint density at radius 1 is 1.04 bits per heavy atom. The number of hydrogen-bond acceptors (Lipinski definition) is 4. The lowest BCUT2D eigenvalue weighted by Crippen LogP contribution is -2.28. The van der Waals surface area contributed by atoms with Gasteiger partial charge < -0.3 is 0 Å². The SMILES string of the molecule is O=C(N/N=C\C(Cl)=C\c1ccccc1)c1ccc(S(=O)(=O)N2CCCC2)cc1. The van der Waals surface area contributed by atoms with Gasteiger partial charge in [-0.15, -0.1) is 0 Å². The van der Waals surface area contributed by atoms with E-state index in [0.717, 1.165) is 18.4 Å². The number of halogens is 1. The Morgan fingerprint density at radius 2 is 1.68 bits per heavy atom. The second-order valence-electron chi connectivity index (χ2n) is 6.27. The van der Waals surface area contributed by atoms with Gasteiger partial charge in [0.2, 0.25) is 10.0 Å². The van der Waals surface area contributed by atoms with Gasteiger partial charge in [-0.05, 0) is 48.7 Å². The van der Waals surface area contributed by atoms with E-state index in [-0.39, 0.29) is 4.90 Å². The largest absolute Gasteiger partial charge is 0.271 e. The van der Waals surface area contributed by atoms with Gasteiger partial charge in [0, 0.05) is 18.7 Å². The van der Waals surface area contributed by atoms with Crippen LogP contribution in [0.25, 0.3) is 6.08 Å². The van der Waals surface area contributed by atoms with Crippen LogP contribution in [0.4, 0.5) is 0 Å². The molecule has 1 saturated heterocycles. The highest BCUT2D eigenvalue weighted by Crippen LogP contribution is 2.21. The second-order valence-corrected chi connectivity index (χ2v) is 8.65. The van der Waals surface area contributed by atoms with E-state index < -0.39 is 15.9 Å². The van der Waals surface area contributed by atoms with E-state index in [9.17, 15) is 13.2 Å². The van der Waals surface area contributed by atoms with Gasteiger partial charge in [-0.3, -0.25) is 4.79 Å². The standard InChI is InChI=1S/C20H20ClN3O3S/c21-18(14-16-6-2-1-3-7-16)15-22-23-20(25)17-8-10-19(11-9-17)28(26,27)24-12-4-5-13-24/h1-3,6-11,14-15H,4-5,12-13H2,(H,23,25)/b18-14-,22-15-. The average Bonchev–Trinajstić information content (AvgIpc) is 3.24. The van der Waals surface area contributed by atoms with E-state index >= 15 is 0 Å². The normalized spacial score (nSPS) is 15.8. The summed E-state index contributed by atoms with van der Waals surface area (Å²) in [4.78, 5) is 12.3. The predicted molar refractivity (Wildman–Crippen MR) is 111 cm³/mol. The summed E-state index contributed by atoms with van der Waals surface area (Å²) in [6, 6.07) is 15.3. The smallest absolute Gasteiger partial charge is 0.267 e. The molecular weight excluding hydrogens is 398 g/mol. The number of benzene rings is 2. The second kappa shape index (κ2) is 9.14. The van der Waals surface area contributed by atoms with Gasteiger partial charge >= 0.3 is 0 Å². The Kier molecular flexibility index (Phi) is 6.61. The van der Waals surface area contributed by atoms with Gasteiger partial charge in [0.05, 0.1) is 16.1 Å². The molecule has 1 aliphatic heterocycles. The van der Waals surface area contributed by atoms with Crippen LogP contribution >= 0.6 is 11.6 Å². The van der Waals surface area contributed by atoms with Crippen LogP contribution < -0.4 is 5.43 Å². The van der Waals surface area contributed by atoms with E-state index in [2.05, 4.69) is 10.5 Å². The maximum absolute atomic E-state index is 12.5. The minimum absolute atomic E-state index is 0.184. The Labute approximate surface area is 169 Å². The predicted octanol–water partition coefficient (Wildman–Crippen LogP) is 3.47. The molecule has 146 valence electrons. The summed E-state index contributed by atoms with van der Waals surface area (Å²) in [7, 11) is -3.49. The molecular formula is C20H20ClN3O3S. The van der Waals surface area contributed by atoms with Crippen LogP contribution in [-0.2, 0) is 10.0 Å². The Hall–Kier alpha value is -2.48. The van der Waals surface area contributed by atoms with E-state index in [0.29, 0.717) is 23.7 Å². The van der Waals surface area contributed by atoms with Gasteiger partial charge in [0.25, 0.3) is 5.91 Å². The lowest BCUT2D eigenvalue weighted by molar-refractivity contribution is 0.0955. The maximum Gasteiger partial charge on any atom is 0.271 e. The first kappa shape index (κ1) is 20.3. The summed E-state index contributed by atoms with van der Waals surface area (Å²) in [6.07, 6.45) is 4.80. The molecule has 1 amide bonds. The quantitative estimate of drug-likeness (QED) is 0.577. The maximum atomic E-state index is 12.5. The molecule has 8 heteroatoms. The molecule has 0 bridgehead atoms. The van der Waals surface area contributed by atoms with Crippen LogP contribution in [0.15, 0.2) is 69.6 Å². The topological polar surface area (TPSA) is 78.8 Å². The third kappa shape index (κ3) is 5.07. The first-order valence-electron chi connectivity index (χ1n) is 8.83. The van der Waals surface area contributed by atoms with Crippen LogP contribution in [0.1, 0.15) is 28.8 Å². The summed E-state index contributed by atoms with van der Waals surface area (Å²) >= 11 is 6.07. The highest BCUT2D eigenvalue weighted by Gasteiger charge is 2.27. The Bertz CT molecular complexity index is 981. The number of nitrogens with one attached hydrogen (secondary N) is 1. The van der Waals surface area contributed by atoms with Crippen molar-refractivity contribution < 1.29 is 13.2 Å². The van der Waals surface area contributed by atoms with E-state index in [1.165, 1.54) is 34.8 Å². The van der Waals surface area contributed by atoms with Crippen molar-refractivity contribution >= 4 is 39.8 Å². The molecule has 0 aliphatic carbocycles. The highest BCUT2D eigenvalue weighted by atomic mass is 35.5. The molecule has 0 unspecified atom stereocenters. The molecule has 1 aliphatic rings. The van der Waals surface area contributed by atoms with Crippen LogP contribution in [0.5, 0.6) is 0 Å². The number of carbonyl (C=O) groups is 1. The molecule has 0 aromatic heterocycles.